The highest BCUT2D eigenvalue weighted by molar-refractivity contribution is 6.33. The predicted molar refractivity (Wildman–Crippen MR) is 123 cm³/mol. The molecular weight excluding hydrogens is 453 g/mol. The number of halogens is 2. The molecule has 7 nitrogen and oxygen atoms in total. The van der Waals surface area contributed by atoms with Gasteiger partial charge in [-0.3, -0.25) is 4.79 Å². The van der Waals surface area contributed by atoms with Gasteiger partial charge in [-0.2, -0.15) is 4.98 Å². The molecule has 168 valence electrons. The molecule has 1 aliphatic carbocycles. The maximum absolute atomic E-state index is 11.2. The third-order valence-corrected chi connectivity index (χ3v) is 5.94. The van der Waals surface area contributed by atoms with Crippen molar-refractivity contribution >= 4 is 34.9 Å². The molecule has 0 saturated heterocycles. The van der Waals surface area contributed by atoms with E-state index in [1.807, 2.05) is 26.0 Å². The van der Waals surface area contributed by atoms with E-state index >= 15 is 0 Å². The van der Waals surface area contributed by atoms with E-state index in [0.717, 1.165) is 12.1 Å². The number of nitrogens with zero attached hydrogens (tertiary/aromatic N) is 2. The lowest BCUT2D eigenvalue weighted by atomic mass is 10.1. The van der Waals surface area contributed by atoms with Crippen LogP contribution in [0.3, 0.4) is 0 Å². The fourth-order valence-corrected chi connectivity index (χ4v) is 4.28. The van der Waals surface area contributed by atoms with E-state index in [2.05, 4.69) is 15.5 Å². The highest BCUT2D eigenvalue weighted by atomic mass is 35.5. The van der Waals surface area contributed by atoms with Crippen LogP contribution in [0.4, 0.5) is 5.69 Å². The number of hydrogen-bond donors (Lipinski definition) is 2. The van der Waals surface area contributed by atoms with Crippen LogP contribution in [-0.2, 0) is 4.79 Å². The highest BCUT2D eigenvalue weighted by Gasteiger charge is 2.29. The third kappa shape index (κ3) is 5.00. The molecule has 1 fully saturated rings. The van der Waals surface area contributed by atoms with Crippen LogP contribution >= 0.6 is 23.2 Å². The van der Waals surface area contributed by atoms with Gasteiger partial charge in [-0.25, -0.2) is 0 Å². The summed E-state index contributed by atoms with van der Waals surface area (Å²) in [6, 6.07) is 10.9. The molecule has 0 spiro atoms. The smallest absolute Gasteiger partial charge is 0.306 e. The molecule has 0 radical (unpaired) electrons. The second-order valence-electron chi connectivity index (χ2n) is 8.12. The second-order valence-corrected chi connectivity index (χ2v) is 8.93. The van der Waals surface area contributed by atoms with E-state index in [-0.39, 0.29) is 18.1 Å². The van der Waals surface area contributed by atoms with E-state index in [4.69, 9.17) is 37.6 Å². The fourth-order valence-electron chi connectivity index (χ4n) is 3.79. The minimum Gasteiger partial charge on any atom is -0.489 e. The largest absolute Gasteiger partial charge is 0.489 e. The number of aromatic nitrogens is 2. The van der Waals surface area contributed by atoms with Crippen molar-refractivity contribution in [3.63, 3.8) is 0 Å². The van der Waals surface area contributed by atoms with Gasteiger partial charge < -0.3 is 19.7 Å². The highest BCUT2D eigenvalue weighted by Crippen LogP contribution is 2.34. The van der Waals surface area contributed by atoms with Crippen LogP contribution in [0.5, 0.6) is 5.75 Å². The van der Waals surface area contributed by atoms with Gasteiger partial charge in [-0.15, -0.1) is 0 Å². The average Bonchev–Trinajstić information content (AvgIpc) is 3.39. The summed E-state index contributed by atoms with van der Waals surface area (Å²) in [4.78, 5) is 15.6. The summed E-state index contributed by atoms with van der Waals surface area (Å²) in [5.41, 5.74) is 2.13. The van der Waals surface area contributed by atoms with Crippen LogP contribution in [-0.4, -0.2) is 33.4 Å². The molecule has 2 atom stereocenters. The molecule has 1 saturated carbocycles. The van der Waals surface area contributed by atoms with E-state index in [1.54, 1.807) is 24.3 Å². The number of carbonyl (C=O) groups is 1. The monoisotopic (exact) mass is 475 g/mol. The van der Waals surface area contributed by atoms with Gasteiger partial charge in [0.15, 0.2) is 0 Å². The van der Waals surface area contributed by atoms with Crippen molar-refractivity contribution in [2.75, 3.05) is 5.32 Å². The van der Waals surface area contributed by atoms with Gasteiger partial charge >= 0.3 is 5.97 Å². The molecular formula is C23H23Cl2N3O4. The molecule has 4 rings (SSSR count). The molecule has 0 amide bonds. The van der Waals surface area contributed by atoms with E-state index in [9.17, 15) is 4.79 Å². The Morgan fingerprint density at radius 1 is 1.19 bits per heavy atom. The topological polar surface area (TPSA) is 97.5 Å². The lowest BCUT2D eigenvalue weighted by Crippen LogP contribution is -2.17. The maximum Gasteiger partial charge on any atom is 0.306 e. The molecule has 32 heavy (non-hydrogen) atoms. The van der Waals surface area contributed by atoms with Crippen molar-refractivity contribution in [2.24, 2.45) is 5.92 Å². The normalized spacial score (nSPS) is 18.2. The first-order valence-corrected chi connectivity index (χ1v) is 11.2. The molecule has 0 unspecified atom stereocenters. The fraction of sp³-hybridized carbons (Fsp3) is 0.348. The number of benzene rings is 2. The van der Waals surface area contributed by atoms with Gasteiger partial charge in [0, 0.05) is 17.3 Å². The van der Waals surface area contributed by atoms with Crippen LogP contribution in [0.25, 0.3) is 22.8 Å². The van der Waals surface area contributed by atoms with Crippen molar-refractivity contribution in [1.29, 1.82) is 0 Å². The van der Waals surface area contributed by atoms with Crippen LogP contribution in [0.2, 0.25) is 10.0 Å². The summed E-state index contributed by atoms with van der Waals surface area (Å²) >= 11 is 12.8. The number of anilines is 1. The van der Waals surface area contributed by atoms with Gasteiger partial charge in [0.1, 0.15) is 5.75 Å². The zero-order chi connectivity index (χ0) is 22.8. The number of rotatable bonds is 7. The summed E-state index contributed by atoms with van der Waals surface area (Å²) in [7, 11) is 0. The molecule has 0 aliphatic heterocycles. The quantitative estimate of drug-likeness (QED) is 0.421. The van der Waals surface area contributed by atoms with Crippen molar-refractivity contribution in [1.82, 2.24) is 10.1 Å². The molecule has 2 aromatic carbocycles. The molecule has 9 heteroatoms. The van der Waals surface area contributed by atoms with E-state index < -0.39 is 5.97 Å². The minimum atomic E-state index is -0.738. The lowest BCUT2D eigenvalue weighted by molar-refractivity contribution is -0.141. The maximum atomic E-state index is 11.2. The van der Waals surface area contributed by atoms with Crippen molar-refractivity contribution in [2.45, 2.75) is 45.3 Å². The molecule has 1 aliphatic rings. The second kappa shape index (κ2) is 9.38. The van der Waals surface area contributed by atoms with Gasteiger partial charge in [0.2, 0.25) is 5.82 Å². The number of carboxylic acids is 1. The number of carboxylic acid groups (broad SMARTS) is 1. The van der Waals surface area contributed by atoms with Gasteiger partial charge in [-0.1, -0.05) is 28.4 Å². The Labute approximate surface area is 195 Å². The standard InChI is InChI=1S/C23H23Cl2N3O4/c1-12(2)31-20-8-4-13(10-19(20)25)21-27-22(32-28-21)17-7-6-16(11-18(17)24)26-15-5-3-14(9-15)23(29)30/h4,6-8,10-12,14-15,26H,3,5,9H2,1-2H3,(H,29,30)/t14-,15+/m1/s1. The number of hydrogen-bond acceptors (Lipinski definition) is 6. The zero-order valence-corrected chi connectivity index (χ0v) is 19.2. The first-order chi connectivity index (χ1) is 15.3. The Hall–Kier alpha value is -2.77. The molecule has 1 heterocycles. The Bertz CT molecular complexity index is 1130. The molecule has 2 N–H and O–H groups in total. The Kier molecular flexibility index (Phi) is 6.58. The molecule has 0 bridgehead atoms. The average molecular weight is 476 g/mol. The summed E-state index contributed by atoms with van der Waals surface area (Å²) in [6.07, 6.45) is 2.11. The van der Waals surface area contributed by atoms with Gasteiger partial charge in [-0.05, 0) is 69.5 Å². The Morgan fingerprint density at radius 3 is 2.66 bits per heavy atom. The van der Waals surface area contributed by atoms with Gasteiger partial charge in [0.25, 0.3) is 5.89 Å². The summed E-state index contributed by atoms with van der Waals surface area (Å²) in [6.45, 7) is 3.86. The summed E-state index contributed by atoms with van der Waals surface area (Å²) in [5, 5.41) is 17.5. The minimum absolute atomic E-state index is 0.0157. The van der Waals surface area contributed by atoms with Crippen molar-refractivity contribution in [3.8, 4) is 28.6 Å². The SMILES string of the molecule is CC(C)Oc1ccc(-c2noc(-c3ccc(N[C@H]4CC[C@@H](C(=O)O)C4)cc3Cl)n2)cc1Cl. The van der Waals surface area contributed by atoms with Crippen molar-refractivity contribution in [3.05, 3.63) is 46.4 Å². The van der Waals surface area contributed by atoms with Crippen LogP contribution in [0.1, 0.15) is 33.1 Å². The van der Waals surface area contributed by atoms with Crippen LogP contribution in [0, 0.1) is 5.92 Å². The van der Waals surface area contributed by atoms with E-state index in [0.29, 0.717) is 51.5 Å². The first kappa shape index (κ1) is 22.4. The Morgan fingerprint density at radius 2 is 2.00 bits per heavy atom. The van der Waals surface area contributed by atoms with E-state index in [1.165, 1.54) is 0 Å². The third-order valence-electron chi connectivity index (χ3n) is 5.33. The molecule has 3 aromatic rings. The molecule has 1 aromatic heterocycles. The summed E-state index contributed by atoms with van der Waals surface area (Å²) in [5.74, 6) is 0.248. The zero-order valence-electron chi connectivity index (χ0n) is 17.6. The lowest BCUT2D eigenvalue weighted by Gasteiger charge is -2.14. The predicted octanol–water partition coefficient (Wildman–Crippen LogP) is 6.16. The van der Waals surface area contributed by atoms with Crippen LogP contribution < -0.4 is 10.1 Å². The number of ether oxygens (including phenoxy) is 1. The number of nitrogens with one attached hydrogen (secondary N) is 1. The Balaban J connectivity index is 1.48. The summed E-state index contributed by atoms with van der Waals surface area (Å²) < 4.78 is 11.1. The number of aliphatic carboxylic acids is 1. The first-order valence-electron chi connectivity index (χ1n) is 10.4. The van der Waals surface area contributed by atoms with Gasteiger partial charge in [0.05, 0.1) is 27.6 Å². The van der Waals surface area contributed by atoms with Crippen LogP contribution in [0.15, 0.2) is 40.9 Å². The van der Waals surface area contributed by atoms with Crippen molar-refractivity contribution < 1.29 is 19.2 Å².